The molecule has 1 fully saturated rings. The van der Waals surface area contributed by atoms with Crippen LogP contribution >= 0.6 is 0 Å². The van der Waals surface area contributed by atoms with Gasteiger partial charge in [0.15, 0.2) is 15.6 Å². The highest BCUT2D eigenvalue weighted by Gasteiger charge is 2.33. The van der Waals surface area contributed by atoms with Crippen molar-refractivity contribution >= 4 is 15.8 Å². The smallest absolute Gasteiger partial charge is 0.317 e. The Balaban J connectivity index is 2.08. The van der Waals surface area contributed by atoms with Gasteiger partial charge in [0, 0.05) is 12.1 Å². The number of hydrogen-bond acceptors (Lipinski definition) is 6. The van der Waals surface area contributed by atoms with Gasteiger partial charge in [-0.25, -0.2) is 8.42 Å². The summed E-state index contributed by atoms with van der Waals surface area (Å²) in [5, 5.41) is 12.4. The molecule has 1 unspecified atom stereocenters. The minimum atomic E-state index is -3.04. The Kier molecular flexibility index (Phi) is 3.67. The van der Waals surface area contributed by atoms with Crippen molar-refractivity contribution in [2.45, 2.75) is 19.0 Å². The second-order valence-electron chi connectivity index (χ2n) is 4.33. The highest BCUT2D eigenvalue weighted by atomic mass is 32.2. The number of carbonyl (C=O) groups is 1. The van der Waals surface area contributed by atoms with E-state index < -0.39 is 15.8 Å². The molecule has 1 aromatic rings. The van der Waals surface area contributed by atoms with Crippen LogP contribution in [-0.2, 0) is 21.2 Å². The molecule has 0 bridgehead atoms. The zero-order valence-electron chi connectivity index (χ0n) is 9.65. The van der Waals surface area contributed by atoms with Gasteiger partial charge in [-0.15, -0.1) is 0 Å². The Morgan fingerprint density at radius 1 is 1.61 bits per heavy atom. The number of aliphatic carboxylic acids is 1. The molecule has 1 aliphatic heterocycles. The van der Waals surface area contributed by atoms with E-state index in [1.54, 1.807) is 11.0 Å². The molecule has 1 aliphatic rings. The van der Waals surface area contributed by atoms with Gasteiger partial charge >= 0.3 is 5.97 Å². The highest BCUT2D eigenvalue weighted by molar-refractivity contribution is 7.91. The number of carboxylic acids is 1. The number of sulfone groups is 1. The van der Waals surface area contributed by atoms with E-state index >= 15 is 0 Å². The lowest BCUT2D eigenvalue weighted by atomic mass is 10.2. The van der Waals surface area contributed by atoms with Crippen molar-refractivity contribution in [2.24, 2.45) is 0 Å². The van der Waals surface area contributed by atoms with Gasteiger partial charge < -0.3 is 9.63 Å². The summed E-state index contributed by atoms with van der Waals surface area (Å²) in [6.07, 6.45) is 1.93. The monoisotopic (exact) mass is 274 g/mol. The van der Waals surface area contributed by atoms with Crippen LogP contribution in [0.1, 0.15) is 12.2 Å². The molecule has 0 saturated carbocycles. The lowest BCUT2D eigenvalue weighted by Gasteiger charge is -2.24. The van der Waals surface area contributed by atoms with Crippen LogP contribution in [0.4, 0.5) is 0 Å². The van der Waals surface area contributed by atoms with E-state index in [9.17, 15) is 13.2 Å². The summed E-state index contributed by atoms with van der Waals surface area (Å²) in [5.74, 6) is -0.335. The summed E-state index contributed by atoms with van der Waals surface area (Å²) >= 11 is 0. The first-order chi connectivity index (χ1) is 8.46. The van der Waals surface area contributed by atoms with Gasteiger partial charge in [0.2, 0.25) is 0 Å². The SMILES string of the molecule is O=C(O)CN(Cc1ccno1)C1CCS(=O)(=O)C1. The van der Waals surface area contributed by atoms with Gasteiger partial charge in [-0.2, -0.15) is 0 Å². The maximum absolute atomic E-state index is 11.4. The molecule has 0 aromatic carbocycles. The fourth-order valence-electron chi connectivity index (χ4n) is 2.08. The first kappa shape index (κ1) is 13.0. The van der Waals surface area contributed by atoms with Crippen LogP contribution < -0.4 is 0 Å². The van der Waals surface area contributed by atoms with Gasteiger partial charge in [0.05, 0.1) is 30.8 Å². The fourth-order valence-corrected chi connectivity index (χ4v) is 3.84. The molecule has 1 atom stereocenters. The predicted molar refractivity (Wildman–Crippen MR) is 61.6 cm³/mol. The molecular formula is C10H14N2O5S. The van der Waals surface area contributed by atoms with Crippen molar-refractivity contribution in [3.05, 3.63) is 18.0 Å². The minimum Gasteiger partial charge on any atom is -0.480 e. The zero-order valence-corrected chi connectivity index (χ0v) is 10.5. The van der Waals surface area contributed by atoms with Gasteiger partial charge in [-0.1, -0.05) is 5.16 Å². The Hall–Kier alpha value is -1.41. The summed E-state index contributed by atoms with van der Waals surface area (Å²) in [6.45, 7) is 0.0490. The molecule has 0 spiro atoms. The average Bonchev–Trinajstić information content (AvgIpc) is 2.86. The molecule has 1 N–H and O–H groups in total. The topological polar surface area (TPSA) is 101 Å². The Morgan fingerprint density at radius 3 is 2.89 bits per heavy atom. The third-order valence-corrected chi connectivity index (χ3v) is 4.66. The van der Waals surface area contributed by atoms with Crippen molar-refractivity contribution in [3.63, 3.8) is 0 Å². The van der Waals surface area contributed by atoms with Crippen molar-refractivity contribution < 1.29 is 22.8 Å². The molecule has 0 aliphatic carbocycles. The van der Waals surface area contributed by atoms with Crippen LogP contribution in [0.5, 0.6) is 0 Å². The van der Waals surface area contributed by atoms with E-state index in [2.05, 4.69) is 5.16 Å². The van der Waals surface area contributed by atoms with Gasteiger partial charge in [0.1, 0.15) is 0 Å². The molecule has 8 heteroatoms. The van der Waals surface area contributed by atoms with Gasteiger partial charge in [-0.05, 0) is 6.42 Å². The molecule has 7 nitrogen and oxygen atoms in total. The second-order valence-corrected chi connectivity index (χ2v) is 6.56. The van der Waals surface area contributed by atoms with Crippen LogP contribution in [0, 0.1) is 0 Å². The number of carboxylic acid groups (broad SMARTS) is 1. The third-order valence-electron chi connectivity index (χ3n) is 2.91. The maximum Gasteiger partial charge on any atom is 0.317 e. The molecule has 2 rings (SSSR count). The molecule has 18 heavy (non-hydrogen) atoms. The number of aromatic nitrogens is 1. The lowest BCUT2D eigenvalue weighted by molar-refractivity contribution is -0.139. The van der Waals surface area contributed by atoms with Crippen LogP contribution in [0.2, 0.25) is 0 Å². The van der Waals surface area contributed by atoms with Crippen molar-refractivity contribution in [1.29, 1.82) is 0 Å². The molecule has 2 heterocycles. The zero-order chi connectivity index (χ0) is 13.2. The maximum atomic E-state index is 11.4. The lowest BCUT2D eigenvalue weighted by Crippen LogP contribution is -2.39. The quantitative estimate of drug-likeness (QED) is 0.790. The van der Waals surface area contributed by atoms with E-state index in [1.807, 2.05) is 0 Å². The number of hydrogen-bond donors (Lipinski definition) is 1. The van der Waals surface area contributed by atoms with Gasteiger partial charge in [0.25, 0.3) is 0 Å². The molecule has 100 valence electrons. The molecule has 0 radical (unpaired) electrons. The first-order valence-electron chi connectivity index (χ1n) is 5.52. The molecule has 0 amide bonds. The summed E-state index contributed by atoms with van der Waals surface area (Å²) in [5.41, 5.74) is 0. The molecular weight excluding hydrogens is 260 g/mol. The number of nitrogens with zero attached hydrogens (tertiary/aromatic N) is 2. The summed E-state index contributed by atoms with van der Waals surface area (Å²) in [7, 11) is -3.04. The highest BCUT2D eigenvalue weighted by Crippen LogP contribution is 2.19. The summed E-state index contributed by atoms with van der Waals surface area (Å²) in [4.78, 5) is 12.4. The molecule has 1 aromatic heterocycles. The van der Waals surface area contributed by atoms with Crippen LogP contribution in [-0.4, -0.2) is 53.6 Å². The van der Waals surface area contributed by atoms with E-state index in [0.29, 0.717) is 12.2 Å². The largest absolute Gasteiger partial charge is 0.480 e. The van der Waals surface area contributed by atoms with Crippen LogP contribution in [0.3, 0.4) is 0 Å². The first-order valence-corrected chi connectivity index (χ1v) is 7.34. The van der Waals surface area contributed by atoms with Gasteiger partial charge in [-0.3, -0.25) is 9.69 Å². The standard InChI is InChI=1S/C10H14N2O5S/c13-10(14)6-12(5-9-1-3-11-17-9)8-2-4-18(15,16)7-8/h1,3,8H,2,4-7H2,(H,13,14). The van der Waals surface area contributed by atoms with Crippen molar-refractivity contribution in [1.82, 2.24) is 10.1 Å². The summed E-state index contributed by atoms with van der Waals surface area (Å²) < 4.78 is 27.8. The average molecular weight is 274 g/mol. The Labute approximate surface area is 104 Å². The fraction of sp³-hybridized carbons (Fsp3) is 0.600. The Morgan fingerprint density at radius 2 is 2.39 bits per heavy atom. The normalized spacial score (nSPS) is 22.4. The molecule has 1 saturated heterocycles. The van der Waals surface area contributed by atoms with Crippen molar-refractivity contribution in [2.75, 3.05) is 18.1 Å². The number of rotatable bonds is 5. The van der Waals surface area contributed by atoms with E-state index in [0.717, 1.165) is 0 Å². The Bertz CT molecular complexity index is 510. The van der Waals surface area contributed by atoms with Crippen LogP contribution in [0.15, 0.2) is 16.8 Å². The van der Waals surface area contributed by atoms with Crippen molar-refractivity contribution in [3.8, 4) is 0 Å². The van der Waals surface area contributed by atoms with Crippen LogP contribution in [0.25, 0.3) is 0 Å². The second kappa shape index (κ2) is 5.07. The van der Waals surface area contributed by atoms with E-state index in [4.69, 9.17) is 9.63 Å². The predicted octanol–water partition coefficient (Wildman–Crippen LogP) is -0.252. The summed E-state index contributed by atoms with van der Waals surface area (Å²) in [6, 6.07) is 1.37. The minimum absolute atomic E-state index is 0.00835. The van der Waals surface area contributed by atoms with E-state index in [1.165, 1.54) is 6.20 Å². The van der Waals surface area contributed by atoms with E-state index in [-0.39, 0.29) is 30.6 Å². The third kappa shape index (κ3) is 3.30.